The van der Waals surface area contributed by atoms with Gasteiger partial charge in [-0.3, -0.25) is 0 Å². The number of hydrogen-bond acceptors (Lipinski definition) is 5. The van der Waals surface area contributed by atoms with E-state index < -0.39 is 15.8 Å². The Labute approximate surface area is 133 Å². The minimum absolute atomic E-state index is 0. The zero-order valence-electron chi connectivity index (χ0n) is 12.0. The van der Waals surface area contributed by atoms with Gasteiger partial charge in [-0.05, 0) is 12.1 Å². The Morgan fingerprint density at radius 3 is 2.38 bits per heavy atom. The standard InChI is InChI=1S/C11H16FN4O2S2.ClH/c1-7(16(2,3)4)15-20(17,18)9-6-5-8(12)10-11(9)14-19-13-10;/h5-7,15H,1-4H3;1H/q+1;/p-1. The molecule has 10 heteroatoms. The minimum atomic E-state index is -3.78. The molecular weight excluding hydrogens is 339 g/mol. The van der Waals surface area contributed by atoms with Crippen LogP contribution in [0.2, 0.25) is 0 Å². The van der Waals surface area contributed by atoms with Gasteiger partial charge in [0.15, 0.2) is 12.0 Å². The Morgan fingerprint density at radius 1 is 1.24 bits per heavy atom. The third kappa shape index (κ3) is 3.67. The molecule has 0 saturated carbocycles. The number of nitrogens with zero attached hydrogens (tertiary/aromatic N) is 3. The highest BCUT2D eigenvalue weighted by molar-refractivity contribution is 7.89. The average Bonchev–Trinajstić information content (AvgIpc) is 2.76. The number of hydrogen-bond donors (Lipinski definition) is 1. The van der Waals surface area contributed by atoms with Crippen molar-refractivity contribution < 1.29 is 29.7 Å². The van der Waals surface area contributed by atoms with E-state index in [-0.39, 0.29) is 34.5 Å². The van der Waals surface area contributed by atoms with Crippen LogP contribution in [-0.4, -0.2) is 49.0 Å². The lowest BCUT2D eigenvalue weighted by molar-refractivity contribution is -0.895. The number of sulfonamides is 1. The van der Waals surface area contributed by atoms with Gasteiger partial charge in [0.25, 0.3) is 0 Å². The van der Waals surface area contributed by atoms with Crippen molar-refractivity contribution in [3.63, 3.8) is 0 Å². The molecule has 0 amide bonds. The van der Waals surface area contributed by atoms with Gasteiger partial charge in [0, 0.05) is 6.92 Å². The van der Waals surface area contributed by atoms with Crippen molar-refractivity contribution in [2.75, 3.05) is 21.1 Å². The molecule has 2 rings (SSSR count). The minimum Gasteiger partial charge on any atom is -1.00 e. The molecule has 0 saturated heterocycles. The van der Waals surface area contributed by atoms with E-state index in [1.165, 1.54) is 6.07 Å². The van der Waals surface area contributed by atoms with Gasteiger partial charge in [0.2, 0.25) is 10.0 Å². The van der Waals surface area contributed by atoms with Gasteiger partial charge in [-0.25, -0.2) is 12.8 Å². The molecule has 0 spiro atoms. The highest BCUT2D eigenvalue weighted by Gasteiger charge is 2.28. The topological polar surface area (TPSA) is 72.0 Å². The first kappa shape index (κ1) is 18.2. The summed E-state index contributed by atoms with van der Waals surface area (Å²) in [4.78, 5) is -0.0528. The number of aromatic nitrogens is 2. The Hall–Kier alpha value is -0.870. The summed E-state index contributed by atoms with van der Waals surface area (Å²) in [6.07, 6.45) is -0.341. The molecule has 2 aromatic rings. The van der Waals surface area contributed by atoms with Gasteiger partial charge >= 0.3 is 0 Å². The third-order valence-electron chi connectivity index (χ3n) is 3.11. The average molecular weight is 355 g/mol. The Morgan fingerprint density at radius 2 is 1.81 bits per heavy atom. The van der Waals surface area contributed by atoms with E-state index in [1.807, 2.05) is 21.1 Å². The number of halogens is 2. The molecule has 0 radical (unpaired) electrons. The molecule has 1 aromatic carbocycles. The smallest absolute Gasteiger partial charge is 0.247 e. The molecule has 6 nitrogen and oxygen atoms in total. The van der Waals surface area contributed by atoms with Crippen molar-refractivity contribution in [2.45, 2.75) is 18.0 Å². The lowest BCUT2D eigenvalue weighted by Crippen LogP contribution is -3.00. The molecule has 1 atom stereocenters. The van der Waals surface area contributed by atoms with E-state index in [1.54, 1.807) is 6.92 Å². The van der Waals surface area contributed by atoms with E-state index in [4.69, 9.17) is 0 Å². The molecule has 0 fully saturated rings. The zero-order chi connectivity index (χ0) is 15.1. The summed E-state index contributed by atoms with van der Waals surface area (Å²) < 4.78 is 49.0. The van der Waals surface area contributed by atoms with Crippen LogP contribution in [0.15, 0.2) is 17.0 Å². The van der Waals surface area contributed by atoms with Crippen molar-refractivity contribution >= 4 is 32.8 Å². The lowest BCUT2D eigenvalue weighted by atomic mass is 10.3. The number of nitrogens with one attached hydrogen (secondary N) is 1. The summed E-state index contributed by atoms with van der Waals surface area (Å²) in [6.45, 7) is 1.76. The van der Waals surface area contributed by atoms with Gasteiger partial charge in [-0.15, -0.1) is 0 Å². The molecule has 21 heavy (non-hydrogen) atoms. The number of quaternary nitrogens is 1. The van der Waals surface area contributed by atoms with Gasteiger partial charge in [0.1, 0.15) is 15.9 Å². The summed E-state index contributed by atoms with van der Waals surface area (Å²) in [5, 5.41) is 0. The first-order chi connectivity index (χ1) is 9.13. The van der Waals surface area contributed by atoms with Crippen molar-refractivity contribution in [1.82, 2.24) is 13.5 Å². The maximum Gasteiger partial charge on any atom is 0.247 e. The van der Waals surface area contributed by atoms with E-state index in [0.29, 0.717) is 4.48 Å². The van der Waals surface area contributed by atoms with E-state index in [2.05, 4.69) is 13.5 Å². The van der Waals surface area contributed by atoms with Crippen LogP contribution >= 0.6 is 11.7 Å². The molecule has 1 heterocycles. The van der Waals surface area contributed by atoms with Crippen LogP contribution in [0.25, 0.3) is 11.0 Å². The molecule has 0 aliphatic carbocycles. The van der Waals surface area contributed by atoms with Crippen LogP contribution in [0.5, 0.6) is 0 Å². The monoisotopic (exact) mass is 354 g/mol. The van der Waals surface area contributed by atoms with Gasteiger partial charge in [-0.2, -0.15) is 13.5 Å². The van der Waals surface area contributed by atoms with Gasteiger partial charge in [0.05, 0.1) is 32.9 Å². The summed E-state index contributed by atoms with van der Waals surface area (Å²) in [7, 11) is 1.83. The molecule has 0 aliphatic rings. The molecule has 1 unspecified atom stereocenters. The van der Waals surface area contributed by atoms with Crippen molar-refractivity contribution in [1.29, 1.82) is 0 Å². The molecular formula is C11H16ClFN4O2S2. The number of benzene rings is 1. The van der Waals surface area contributed by atoms with Crippen LogP contribution < -0.4 is 17.1 Å². The molecule has 1 aromatic heterocycles. The van der Waals surface area contributed by atoms with Gasteiger partial charge < -0.3 is 16.9 Å². The van der Waals surface area contributed by atoms with Crippen molar-refractivity contribution in [2.24, 2.45) is 0 Å². The van der Waals surface area contributed by atoms with Crippen LogP contribution in [0.3, 0.4) is 0 Å². The summed E-state index contributed by atoms with van der Waals surface area (Å²) in [5.74, 6) is -0.577. The first-order valence-corrected chi connectivity index (χ1v) is 8.08. The number of fused-ring (bicyclic) bond motifs is 1. The fourth-order valence-corrected chi connectivity index (χ4v) is 3.63. The number of rotatable bonds is 4. The van der Waals surface area contributed by atoms with Crippen LogP contribution in [0.1, 0.15) is 6.92 Å². The highest BCUT2D eigenvalue weighted by atomic mass is 35.5. The lowest BCUT2D eigenvalue weighted by Gasteiger charge is -2.31. The maximum absolute atomic E-state index is 13.5. The van der Waals surface area contributed by atoms with Crippen LogP contribution in [-0.2, 0) is 10.0 Å². The van der Waals surface area contributed by atoms with E-state index in [9.17, 15) is 12.8 Å². The maximum atomic E-state index is 13.5. The SMILES string of the molecule is CC(NS(=O)(=O)c1ccc(F)c2nsnc12)[N+](C)(C)C.[Cl-]. The van der Waals surface area contributed by atoms with Crippen LogP contribution in [0, 0.1) is 5.82 Å². The predicted octanol–water partition coefficient (Wildman–Crippen LogP) is -1.84. The quantitative estimate of drug-likeness (QED) is 0.517. The summed E-state index contributed by atoms with van der Waals surface area (Å²) >= 11 is 0.786. The zero-order valence-corrected chi connectivity index (χ0v) is 14.4. The van der Waals surface area contributed by atoms with Crippen LogP contribution in [0.4, 0.5) is 4.39 Å². The Kier molecular flexibility index (Phi) is 5.27. The summed E-state index contributed by atoms with van der Waals surface area (Å²) in [5.41, 5.74) is 0.0480. The third-order valence-corrected chi connectivity index (χ3v) is 5.19. The normalized spacial score (nSPS) is 14.0. The second-order valence-electron chi connectivity index (χ2n) is 5.42. The second kappa shape index (κ2) is 6.09. The fraction of sp³-hybridized carbons (Fsp3) is 0.455. The first-order valence-electron chi connectivity index (χ1n) is 5.87. The second-order valence-corrected chi connectivity index (χ2v) is 7.63. The Balaban J connectivity index is 0.00000220. The van der Waals surface area contributed by atoms with E-state index >= 15 is 0 Å². The van der Waals surface area contributed by atoms with Crippen molar-refractivity contribution in [3.05, 3.63) is 17.9 Å². The summed E-state index contributed by atoms with van der Waals surface area (Å²) in [6, 6.07) is 2.30. The molecule has 1 N–H and O–H groups in total. The molecule has 118 valence electrons. The molecule has 0 bridgehead atoms. The van der Waals surface area contributed by atoms with Crippen molar-refractivity contribution in [3.8, 4) is 0 Å². The highest BCUT2D eigenvalue weighted by Crippen LogP contribution is 2.24. The fourth-order valence-electron chi connectivity index (χ4n) is 1.48. The predicted molar refractivity (Wildman–Crippen MR) is 75.2 cm³/mol. The Bertz CT molecular complexity index is 742. The van der Waals surface area contributed by atoms with Gasteiger partial charge in [-0.1, -0.05) is 0 Å². The largest absolute Gasteiger partial charge is 1.00 e. The van der Waals surface area contributed by atoms with E-state index in [0.717, 1.165) is 17.8 Å². The molecule has 0 aliphatic heterocycles.